The SMILES string of the molecule is CC(C)(C)C1CC=C2C(C#N)=C(N)C(C#N)(C#N)C(c3ccccc3)C2C1. The lowest BCUT2D eigenvalue weighted by molar-refractivity contribution is 0.170. The first-order valence-corrected chi connectivity index (χ1v) is 9.28. The van der Waals surface area contributed by atoms with E-state index >= 15 is 0 Å². The standard InChI is InChI=1S/C23H24N4/c1-22(2,3)16-9-10-17-18(11-16)20(15-7-5-4-6-8-15)23(13-25,14-26)21(27)19(17)12-24/h4-8,10,16,18,20H,9,11,27H2,1-3H3. The predicted molar refractivity (Wildman–Crippen MR) is 103 cm³/mol. The molecule has 0 aromatic heterocycles. The van der Waals surface area contributed by atoms with Crippen LogP contribution in [0.4, 0.5) is 0 Å². The number of hydrogen-bond donors (Lipinski definition) is 1. The van der Waals surface area contributed by atoms with Crippen molar-refractivity contribution in [2.75, 3.05) is 0 Å². The highest BCUT2D eigenvalue weighted by Crippen LogP contribution is 2.57. The summed E-state index contributed by atoms with van der Waals surface area (Å²) in [7, 11) is 0. The maximum absolute atomic E-state index is 10.1. The summed E-state index contributed by atoms with van der Waals surface area (Å²) in [6, 6.07) is 16.2. The van der Waals surface area contributed by atoms with E-state index in [1.54, 1.807) is 0 Å². The van der Waals surface area contributed by atoms with Crippen LogP contribution in [0.2, 0.25) is 0 Å². The molecule has 0 bridgehead atoms. The Balaban J connectivity index is 2.29. The molecule has 136 valence electrons. The zero-order valence-electron chi connectivity index (χ0n) is 16.0. The van der Waals surface area contributed by atoms with Crippen LogP contribution >= 0.6 is 0 Å². The first kappa shape index (κ1) is 18.8. The molecule has 2 aliphatic carbocycles. The van der Waals surface area contributed by atoms with Gasteiger partial charge in [-0.2, -0.15) is 15.8 Å². The Morgan fingerprint density at radius 3 is 2.22 bits per heavy atom. The highest BCUT2D eigenvalue weighted by Gasteiger charge is 2.54. The Kier molecular flexibility index (Phi) is 4.59. The summed E-state index contributed by atoms with van der Waals surface area (Å²) in [5.74, 6) is -0.0550. The molecule has 2 N–H and O–H groups in total. The van der Waals surface area contributed by atoms with Gasteiger partial charge in [-0.1, -0.05) is 57.2 Å². The molecule has 0 spiro atoms. The van der Waals surface area contributed by atoms with Crippen LogP contribution in [-0.2, 0) is 0 Å². The van der Waals surface area contributed by atoms with Crippen molar-refractivity contribution in [3.8, 4) is 18.2 Å². The fourth-order valence-corrected chi connectivity index (χ4v) is 4.63. The summed E-state index contributed by atoms with van der Waals surface area (Å²) < 4.78 is 0. The Hall–Kier alpha value is -3.03. The predicted octanol–water partition coefficient (Wildman–Crippen LogP) is 4.55. The van der Waals surface area contributed by atoms with Crippen molar-refractivity contribution in [1.82, 2.24) is 0 Å². The lowest BCUT2D eigenvalue weighted by Gasteiger charge is -2.47. The number of nitrogens with zero attached hydrogens (tertiary/aromatic N) is 3. The topological polar surface area (TPSA) is 97.4 Å². The third kappa shape index (κ3) is 2.81. The Morgan fingerprint density at radius 1 is 1.07 bits per heavy atom. The third-order valence-electron chi connectivity index (χ3n) is 6.26. The third-order valence-corrected chi connectivity index (χ3v) is 6.26. The maximum atomic E-state index is 10.1. The van der Waals surface area contributed by atoms with Crippen LogP contribution < -0.4 is 5.73 Å². The molecule has 0 radical (unpaired) electrons. The molecule has 0 amide bonds. The van der Waals surface area contributed by atoms with Crippen LogP contribution in [-0.4, -0.2) is 0 Å². The van der Waals surface area contributed by atoms with Gasteiger partial charge in [0.15, 0.2) is 5.41 Å². The van der Waals surface area contributed by atoms with Crippen molar-refractivity contribution in [3.63, 3.8) is 0 Å². The second-order valence-corrected chi connectivity index (χ2v) is 8.62. The molecule has 2 aliphatic rings. The van der Waals surface area contributed by atoms with Gasteiger partial charge in [-0.05, 0) is 41.2 Å². The minimum atomic E-state index is -1.53. The fraction of sp³-hybridized carbons (Fsp3) is 0.435. The highest BCUT2D eigenvalue weighted by molar-refractivity contribution is 5.59. The van der Waals surface area contributed by atoms with Crippen molar-refractivity contribution >= 4 is 0 Å². The molecular formula is C23H24N4. The molecule has 0 aliphatic heterocycles. The average Bonchev–Trinajstić information content (AvgIpc) is 2.67. The van der Waals surface area contributed by atoms with E-state index in [4.69, 9.17) is 5.73 Å². The van der Waals surface area contributed by atoms with Crippen molar-refractivity contribution in [3.05, 3.63) is 58.8 Å². The molecule has 3 unspecified atom stereocenters. The van der Waals surface area contributed by atoms with E-state index in [9.17, 15) is 15.8 Å². The smallest absolute Gasteiger partial charge is 0.191 e. The van der Waals surface area contributed by atoms with Crippen molar-refractivity contribution in [2.45, 2.75) is 39.5 Å². The van der Waals surface area contributed by atoms with Gasteiger partial charge in [0.05, 0.1) is 23.4 Å². The minimum Gasteiger partial charge on any atom is -0.399 e. The molecule has 4 heteroatoms. The highest BCUT2D eigenvalue weighted by atomic mass is 14.7. The lowest BCUT2D eigenvalue weighted by Crippen LogP contribution is -2.44. The van der Waals surface area contributed by atoms with Gasteiger partial charge in [0, 0.05) is 5.92 Å². The summed E-state index contributed by atoms with van der Waals surface area (Å²) in [6.45, 7) is 6.65. The quantitative estimate of drug-likeness (QED) is 0.798. The summed E-state index contributed by atoms with van der Waals surface area (Å²) in [6.07, 6.45) is 3.82. The molecule has 0 saturated carbocycles. The van der Waals surface area contributed by atoms with Gasteiger partial charge in [0.1, 0.15) is 6.07 Å². The Labute approximate surface area is 161 Å². The molecule has 1 aromatic rings. The number of nitrogens with two attached hydrogens (primary N) is 1. The van der Waals surface area contributed by atoms with Crippen molar-refractivity contribution in [1.29, 1.82) is 15.8 Å². The average molecular weight is 356 g/mol. The minimum absolute atomic E-state index is 0.0772. The molecule has 0 saturated heterocycles. The van der Waals surface area contributed by atoms with Gasteiger partial charge in [0.25, 0.3) is 0 Å². The molecule has 0 heterocycles. The summed E-state index contributed by atoms with van der Waals surface area (Å²) in [5.41, 5.74) is 7.13. The number of allylic oxidation sites excluding steroid dienone is 4. The van der Waals surface area contributed by atoms with Crippen LogP contribution in [0.1, 0.15) is 45.1 Å². The van der Waals surface area contributed by atoms with E-state index in [2.05, 4.69) is 45.1 Å². The van der Waals surface area contributed by atoms with Crippen molar-refractivity contribution < 1.29 is 0 Å². The number of rotatable bonds is 1. The van der Waals surface area contributed by atoms with Crippen LogP contribution in [0.25, 0.3) is 0 Å². The van der Waals surface area contributed by atoms with E-state index in [1.165, 1.54) is 0 Å². The van der Waals surface area contributed by atoms with Gasteiger partial charge >= 0.3 is 0 Å². The number of hydrogen-bond acceptors (Lipinski definition) is 4. The van der Waals surface area contributed by atoms with E-state index < -0.39 is 5.41 Å². The zero-order chi connectivity index (χ0) is 19.8. The molecule has 3 atom stereocenters. The zero-order valence-corrected chi connectivity index (χ0v) is 16.0. The Bertz CT molecular complexity index is 912. The number of benzene rings is 1. The van der Waals surface area contributed by atoms with Crippen LogP contribution in [0.5, 0.6) is 0 Å². The second kappa shape index (κ2) is 6.61. The first-order valence-electron chi connectivity index (χ1n) is 9.28. The molecule has 1 aromatic carbocycles. The molecular weight excluding hydrogens is 332 g/mol. The largest absolute Gasteiger partial charge is 0.399 e. The summed E-state index contributed by atoms with van der Waals surface area (Å²) in [4.78, 5) is 0. The monoisotopic (exact) mass is 356 g/mol. The van der Waals surface area contributed by atoms with Gasteiger partial charge in [-0.15, -0.1) is 0 Å². The number of nitriles is 3. The first-order chi connectivity index (χ1) is 12.8. The van der Waals surface area contributed by atoms with Crippen LogP contribution in [0.15, 0.2) is 53.3 Å². The van der Waals surface area contributed by atoms with Crippen LogP contribution in [0.3, 0.4) is 0 Å². The van der Waals surface area contributed by atoms with Gasteiger partial charge in [-0.25, -0.2) is 0 Å². The summed E-state index contributed by atoms with van der Waals surface area (Å²) in [5, 5.41) is 29.9. The lowest BCUT2D eigenvalue weighted by atomic mass is 9.54. The maximum Gasteiger partial charge on any atom is 0.191 e. The molecule has 27 heavy (non-hydrogen) atoms. The van der Waals surface area contributed by atoms with Gasteiger partial charge in [0.2, 0.25) is 0 Å². The Morgan fingerprint density at radius 2 is 1.70 bits per heavy atom. The van der Waals surface area contributed by atoms with Gasteiger partial charge in [-0.3, -0.25) is 0 Å². The normalized spacial score (nSPS) is 26.8. The fourth-order valence-electron chi connectivity index (χ4n) is 4.63. The van der Waals surface area contributed by atoms with E-state index in [0.29, 0.717) is 11.5 Å². The molecule has 3 rings (SSSR count). The van der Waals surface area contributed by atoms with E-state index in [1.807, 2.05) is 30.3 Å². The van der Waals surface area contributed by atoms with Crippen molar-refractivity contribution in [2.24, 2.45) is 28.4 Å². The molecule has 4 nitrogen and oxygen atoms in total. The summed E-state index contributed by atoms with van der Waals surface area (Å²) >= 11 is 0. The van der Waals surface area contributed by atoms with E-state index in [-0.39, 0.29) is 22.9 Å². The van der Waals surface area contributed by atoms with E-state index in [0.717, 1.165) is 24.0 Å². The van der Waals surface area contributed by atoms with Gasteiger partial charge < -0.3 is 5.73 Å². The second-order valence-electron chi connectivity index (χ2n) is 8.62. The van der Waals surface area contributed by atoms with Crippen LogP contribution in [0, 0.1) is 56.7 Å². The molecule has 0 fully saturated rings. The number of fused-ring (bicyclic) bond motifs is 1.